The predicted octanol–water partition coefficient (Wildman–Crippen LogP) is 3.53. The first kappa shape index (κ1) is 18.8. The van der Waals surface area contributed by atoms with E-state index >= 15 is 0 Å². The van der Waals surface area contributed by atoms with Gasteiger partial charge in [-0.25, -0.2) is 0 Å². The second-order valence-corrected chi connectivity index (χ2v) is 5.45. The van der Waals surface area contributed by atoms with E-state index in [2.05, 4.69) is 0 Å². The van der Waals surface area contributed by atoms with Gasteiger partial charge in [0.2, 0.25) is 5.91 Å². The number of amides is 1. The monoisotopic (exact) mass is 336 g/mol. The fourth-order valence-corrected chi connectivity index (χ4v) is 2.70. The number of carbonyl (C=O) groups excluding carboxylic acids is 1. The predicted molar refractivity (Wildman–Crippen MR) is 80.6 cm³/mol. The van der Waals surface area contributed by atoms with Crippen molar-refractivity contribution in [2.45, 2.75) is 44.4 Å². The zero-order valence-corrected chi connectivity index (χ0v) is 13.1. The van der Waals surface area contributed by atoms with Crippen molar-refractivity contribution in [2.24, 2.45) is 5.73 Å². The number of nitrogens with two attached hydrogens (primary N) is 1. The molecule has 0 radical (unpaired) electrons. The first-order chi connectivity index (χ1) is 9.80. The van der Waals surface area contributed by atoms with Gasteiger partial charge < -0.3 is 10.6 Å². The summed E-state index contributed by atoms with van der Waals surface area (Å²) in [4.78, 5) is 13.8. The van der Waals surface area contributed by atoms with E-state index in [-0.39, 0.29) is 24.4 Å². The van der Waals surface area contributed by atoms with Crippen LogP contribution in [0.4, 0.5) is 13.2 Å². The molecule has 0 bridgehead atoms. The molecule has 1 saturated heterocycles. The van der Waals surface area contributed by atoms with Crippen LogP contribution in [0, 0.1) is 0 Å². The minimum atomic E-state index is -4.34. The third kappa shape index (κ3) is 4.14. The summed E-state index contributed by atoms with van der Waals surface area (Å²) in [5.74, 6) is -0.153. The summed E-state index contributed by atoms with van der Waals surface area (Å²) in [6.07, 6.45) is -1.74. The number of hydrogen-bond donors (Lipinski definition) is 1. The van der Waals surface area contributed by atoms with E-state index in [1.807, 2.05) is 0 Å². The first-order valence-electron chi connectivity index (χ1n) is 7.04. The van der Waals surface area contributed by atoms with Crippen LogP contribution in [0.3, 0.4) is 0 Å². The first-order valence-corrected chi connectivity index (χ1v) is 7.04. The van der Waals surface area contributed by atoms with Crippen LogP contribution >= 0.6 is 12.4 Å². The van der Waals surface area contributed by atoms with Gasteiger partial charge in [0.15, 0.2) is 0 Å². The Balaban J connectivity index is 0.00000242. The van der Waals surface area contributed by atoms with Crippen molar-refractivity contribution >= 4 is 18.3 Å². The van der Waals surface area contributed by atoms with E-state index in [9.17, 15) is 18.0 Å². The molecule has 0 saturated carbocycles. The summed E-state index contributed by atoms with van der Waals surface area (Å²) in [7, 11) is 0. The van der Waals surface area contributed by atoms with E-state index in [0.717, 1.165) is 37.0 Å². The van der Waals surface area contributed by atoms with Gasteiger partial charge in [-0.15, -0.1) is 12.4 Å². The molecule has 3 nitrogen and oxygen atoms in total. The summed E-state index contributed by atoms with van der Waals surface area (Å²) in [5.41, 5.74) is 5.71. The highest BCUT2D eigenvalue weighted by atomic mass is 35.5. The second kappa shape index (κ2) is 7.33. The Morgan fingerprint density at radius 1 is 1.27 bits per heavy atom. The Hall–Kier alpha value is -1.27. The summed E-state index contributed by atoms with van der Waals surface area (Å²) >= 11 is 0. The molecule has 2 atom stereocenters. The highest BCUT2D eigenvalue weighted by Gasteiger charge is 2.32. The standard InChI is InChI=1S/C15H19F3N2O.ClH/c1-10(19)14(21)20-9-3-2-4-13(20)11-5-7-12(8-6-11)15(16,17)18;/h5-8,10,13H,2-4,9,19H2,1H3;1H/t10-,13?;/m1./s1. The second-order valence-electron chi connectivity index (χ2n) is 5.45. The Morgan fingerprint density at radius 2 is 1.86 bits per heavy atom. The maximum atomic E-state index is 12.6. The van der Waals surface area contributed by atoms with Crippen molar-refractivity contribution in [1.82, 2.24) is 4.90 Å². The van der Waals surface area contributed by atoms with Gasteiger partial charge in [0.25, 0.3) is 0 Å². The Bertz CT molecular complexity index is 503. The summed E-state index contributed by atoms with van der Waals surface area (Å²) in [5, 5.41) is 0. The quantitative estimate of drug-likeness (QED) is 0.898. The lowest BCUT2D eigenvalue weighted by Crippen LogP contribution is -2.46. The Labute approximate surface area is 134 Å². The molecule has 0 spiro atoms. The summed E-state index contributed by atoms with van der Waals surface area (Å²) in [6, 6.07) is 4.27. The number of halogens is 4. The molecule has 1 amide bonds. The number of rotatable bonds is 2. The number of likely N-dealkylation sites (tertiary alicyclic amines) is 1. The van der Waals surface area contributed by atoms with E-state index in [1.54, 1.807) is 11.8 Å². The number of piperidine rings is 1. The van der Waals surface area contributed by atoms with Gasteiger partial charge in [-0.05, 0) is 43.9 Å². The molecular weight excluding hydrogens is 317 g/mol. The maximum absolute atomic E-state index is 12.6. The zero-order chi connectivity index (χ0) is 15.6. The van der Waals surface area contributed by atoms with Gasteiger partial charge in [-0.1, -0.05) is 12.1 Å². The Morgan fingerprint density at radius 3 is 2.36 bits per heavy atom. The SMILES string of the molecule is C[C@@H](N)C(=O)N1CCCCC1c1ccc(C(F)(F)F)cc1.Cl. The highest BCUT2D eigenvalue weighted by Crippen LogP contribution is 2.34. The van der Waals surface area contributed by atoms with E-state index in [0.29, 0.717) is 6.54 Å². The number of hydrogen-bond acceptors (Lipinski definition) is 2. The van der Waals surface area contributed by atoms with Gasteiger partial charge in [0.05, 0.1) is 17.6 Å². The van der Waals surface area contributed by atoms with Crippen molar-refractivity contribution < 1.29 is 18.0 Å². The molecule has 2 rings (SSSR count). The minimum absolute atomic E-state index is 0. The number of benzene rings is 1. The highest BCUT2D eigenvalue weighted by molar-refractivity contribution is 5.85. The lowest BCUT2D eigenvalue weighted by Gasteiger charge is -2.37. The molecule has 1 aromatic rings. The third-order valence-corrected chi connectivity index (χ3v) is 3.80. The fraction of sp³-hybridized carbons (Fsp3) is 0.533. The lowest BCUT2D eigenvalue weighted by atomic mass is 9.94. The number of carbonyl (C=O) groups is 1. The van der Waals surface area contributed by atoms with Crippen molar-refractivity contribution in [1.29, 1.82) is 0 Å². The van der Waals surface area contributed by atoms with E-state index < -0.39 is 17.8 Å². The van der Waals surface area contributed by atoms with Crippen molar-refractivity contribution in [2.75, 3.05) is 6.54 Å². The molecule has 1 aromatic carbocycles. The van der Waals surface area contributed by atoms with Crippen LogP contribution in [0.2, 0.25) is 0 Å². The van der Waals surface area contributed by atoms with Crippen LogP contribution in [-0.2, 0) is 11.0 Å². The van der Waals surface area contributed by atoms with Gasteiger partial charge in [0.1, 0.15) is 0 Å². The van der Waals surface area contributed by atoms with Gasteiger partial charge in [-0.3, -0.25) is 4.79 Å². The van der Waals surface area contributed by atoms with Crippen LogP contribution in [0.1, 0.15) is 43.4 Å². The molecule has 0 aromatic heterocycles. The molecular formula is C15H20ClF3N2O. The number of alkyl halides is 3. The van der Waals surface area contributed by atoms with Gasteiger partial charge in [-0.2, -0.15) is 13.2 Å². The van der Waals surface area contributed by atoms with Crippen molar-refractivity contribution in [3.8, 4) is 0 Å². The molecule has 2 N–H and O–H groups in total. The molecule has 1 heterocycles. The number of nitrogens with zero attached hydrogens (tertiary/aromatic N) is 1. The molecule has 1 aliphatic heterocycles. The van der Waals surface area contributed by atoms with Crippen LogP contribution in [0.25, 0.3) is 0 Å². The maximum Gasteiger partial charge on any atom is 0.416 e. The molecule has 1 unspecified atom stereocenters. The van der Waals surface area contributed by atoms with Crippen LogP contribution < -0.4 is 5.73 Å². The smallest absolute Gasteiger partial charge is 0.334 e. The van der Waals surface area contributed by atoms with Gasteiger partial charge in [0, 0.05) is 6.54 Å². The van der Waals surface area contributed by atoms with Gasteiger partial charge >= 0.3 is 6.18 Å². The van der Waals surface area contributed by atoms with Crippen molar-refractivity contribution in [3.63, 3.8) is 0 Å². The minimum Gasteiger partial charge on any atom is -0.334 e. The van der Waals surface area contributed by atoms with Crippen LogP contribution in [0.15, 0.2) is 24.3 Å². The Kier molecular flexibility index (Phi) is 6.26. The molecule has 1 aliphatic rings. The molecule has 124 valence electrons. The third-order valence-electron chi connectivity index (χ3n) is 3.80. The molecule has 0 aliphatic carbocycles. The summed E-state index contributed by atoms with van der Waals surface area (Å²) < 4.78 is 37.8. The van der Waals surface area contributed by atoms with E-state index in [4.69, 9.17) is 5.73 Å². The normalized spacial score (nSPS) is 20.2. The van der Waals surface area contributed by atoms with E-state index in [1.165, 1.54) is 12.1 Å². The largest absolute Gasteiger partial charge is 0.416 e. The zero-order valence-electron chi connectivity index (χ0n) is 12.3. The average molecular weight is 337 g/mol. The molecule has 7 heteroatoms. The topological polar surface area (TPSA) is 46.3 Å². The van der Waals surface area contributed by atoms with Crippen molar-refractivity contribution in [3.05, 3.63) is 35.4 Å². The van der Waals surface area contributed by atoms with Crippen LogP contribution in [0.5, 0.6) is 0 Å². The average Bonchev–Trinajstić information content (AvgIpc) is 2.45. The summed E-state index contributed by atoms with van der Waals surface area (Å²) in [6.45, 7) is 2.23. The molecule has 22 heavy (non-hydrogen) atoms. The fourth-order valence-electron chi connectivity index (χ4n) is 2.70. The molecule has 1 fully saturated rings. The van der Waals surface area contributed by atoms with Crippen LogP contribution in [-0.4, -0.2) is 23.4 Å². The lowest BCUT2D eigenvalue weighted by molar-refractivity contribution is -0.138.